The third kappa shape index (κ3) is 2.50. The molecule has 2 atom stereocenters. The molecular formula is C16H20N2O. The number of hydrogen-bond donors (Lipinski definition) is 1. The number of rotatable bonds is 2. The van der Waals surface area contributed by atoms with Gasteiger partial charge in [0.2, 0.25) is 0 Å². The Bertz CT molecular complexity index is 582. The highest BCUT2D eigenvalue weighted by Crippen LogP contribution is 2.32. The van der Waals surface area contributed by atoms with E-state index in [1.807, 2.05) is 24.3 Å². The van der Waals surface area contributed by atoms with Crippen molar-refractivity contribution < 1.29 is 4.74 Å². The van der Waals surface area contributed by atoms with Crippen molar-refractivity contribution in [1.29, 1.82) is 0 Å². The van der Waals surface area contributed by atoms with E-state index in [0.29, 0.717) is 11.8 Å². The van der Waals surface area contributed by atoms with E-state index >= 15 is 0 Å². The van der Waals surface area contributed by atoms with Gasteiger partial charge in [0.25, 0.3) is 0 Å². The van der Waals surface area contributed by atoms with Crippen LogP contribution in [0.2, 0.25) is 0 Å². The van der Waals surface area contributed by atoms with E-state index in [2.05, 4.69) is 11.9 Å². The Balaban J connectivity index is 1.90. The Morgan fingerprint density at radius 2 is 2.16 bits per heavy atom. The maximum absolute atomic E-state index is 6.20. The van der Waals surface area contributed by atoms with Gasteiger partial charge in [-0.05, 0) is 49.4 Å². The van der Waals surface area contributed by atoms with Crippen LogP contribution in [0.4, 0.5) is 5.69 Å². The smallest absolute Gasteiger partial charge is 0.129 e. The summed E-state index contributed by atoms with van der Waals surface area (Å²) in [7, 11) is 0. The predicted molar refractivity (Wildman–Crippen MR) is 78.2 cm³/mol. The minimum absolute atomic E-state index is 0.329. The van der Waals surface area contributed by atoms with E-state index in [1.165, 1.54) is 12.8 Å². The summed E-state index contributed by atoms with van der Waals surface area (Å²) in [5.41, 5.74) is 7.51. The van der Waals surface area contributed by atoms with Crippen molar-refractivity contribution in [1.82, 2.24) is 4.98 Å². The van der Waals surface area contributed by atoms with Crippen LogP contribution in [0.1, 0.15) is 32.6 Å². The zero-order valence-corrected chi connectivity index (χ0v) is 11.3. The molecular weight excluding hydrogens is 236 g/mol. The van der Waals surface area contributed by atoms with Crippen LogP contribution in [-0.2, 0) is 0 Å². The number of benzene rings is 1. The summed E-state index contributed by atoms with van der Waals surface area (Å²) < 4.78 is 6.20. The van der Waals surface area contributed by atoms with Crippen molar-refractivity contribution in [3.05, 3.63) is 30.5 Å². The lowest BCUT2D eigenvalue weighted by atomic mass is 9.88. The zero-order chi connectivity index (χ0) is 13.2. The number of pyridine rings is 1. The minimum atomic E-state index is 0.329. The van der Waals surface area contributed by atoms with Crippen LogP contribution in [0.3, 0.4) is 0 Å². The first-order chi connectivity index (χ1) is 9.24. The van der Waals surface area contributed by atoms with Crippen LogP contribution >= 0.6 is 0 Å². The Labute approximate surface area is 113 Å². The molecule has 1 saturated carbocycles. The van der Waals surface area contributed by atoms with Gasteiger partial charge in [0.1, 0.15) is 5.75 Å². The minimum Gasteiger partial charge on any atom is -0.490 e. The molecule has 1 fully saturated rings. The molecule has 0 amide bonds. The summed E-state index contributed by atoms with van der Waals surface area (Å²) in [6, 6.07) is 7.81. The average molecular weight is 256 g/mol. The highest BCUT2D eigenvalue weighted by Gasteiger charge is 2.21. The maximum Gasteiger partial charge on any atom is 0.129 e. The largest absolute Gasteiger partial charge is 0.490 e. The highest BCUT2D eigenvalue weighted by molar-refractivity contribution is 5.93. The summed E-state index contributed by atoms with van der Waals surface area (Å²) in [5.74, 6) is 1.67. The third-order valence-electron chi connectivity index (χ3n) is 3.94. The van der Waals surface area contributed by atoms with Gasteiger partial charge in [-0.3, -0.25) is 4.98 Å². The number of fused-ring (bicyclic) bond motifs is 1. The molecule has 19 heavy (non-hydrogen) atoms. The van der Waals surface area contributed by atoms with Crippen LogP contribution in [0.15, 0.2) is 30.5 Å². The fourth-order valence-corrected chi connectivity index (χ4v) is 2.94. The van der Waals surface area contributed by atoms with E-state index in [-0.39, 0.29) is 0 Å². The Kier molecular flexibility index (Phi) is 3.28. The number of aromatic nitrogens is 1. The number of ether oxygens (including phenoxy) is 1. The molecule has 3 heteroatoms. The second-order valence-electron chi connectivity index (χ2n) is 5.56. The van der Waals surface area contributed by atoms with Crippen LogP contribution in [0.25, 0.3) is 10.9 Å². The molecule has 0 saturated heterocycles. The summed E-state index contributed by atoms with van der Waals surface area (Å²) >= 11 is 0. The van der Waals surface area contributed by atoms with E-state index in [0.717, 1.165) is 35.4 Å². The van der Waals surface area contributed by atoms with Crippen LogP contribution in [0, 0.1) is 5.92 Å². The Hall–Kier alpha value is -1.77. The van der Waals surface area contributed by atoms with Gasteiger partial charge in [0.15, 0.2) is 0 Å². The molecule has 2 unspecified atom stereocenters. The molecule has 0 bridgehead atoms. The van der Waals surface area contributed by atoms with E-state index < -0.39 is 0 Å². The van der Waals surface area contributed by atoms with Gasteiger partial charge in [-0.2, -0.15) is 0 Å². The van der Waals surface area contributed by atoms with Crippen molar-refractivity contribution in [3.8, 4) is 5.75 Å². The molecule has 3 rings (SSSR count). The normalized spacial score (nSPS) is 23.4. The van der Waals surface area contributed by atoms with Gasteiger partial charge in [0, 0.05) is 11.6 Å². The lowest BCUT2D eigenvalue weighted by Crippen LogP contribution is -2.24. The van der Waals surface area contributed by atoms with Gasteiger partial charge in [-0.1, -0.05) is 13.3 Å². The second kappa shape index (κ2) is 5.08. The molecule has 0 aliphatic heterocycles. The monoisotopic (exact) mass is 256 g/mol. The van der Waals surface area contributed by atoms with E-state index in [1.54, 1.807) is 6.20 Å². The first-order valence-electron chi connectivity index (χ1n) is 7.04. The van der Waals surface area contributed by atoms with Gasteiger partial charge in [-0.25, -0.2) is 0 Å². The third-order valence-corrected chi connectivity index (χ3v) is 3.94. The predicted octanol–water partition coefficient (Wildman–Crippen LogP) is 3.77. The number of hydrogen-bond acceptors (Lipinski definition) is 3. The van der Waals surface area contributed by atoms with Gasteiger partial charge < -0.3 is 10.5 Å². The van der Waals surface area contributed by atoms with Crippen LogP contribution < -0.4 is 10.5 Å². The number of nitrogens with two attached hydrogens (primary N) is 1. The average Bonchev–Trinajstić information content (AvgIpc) is 2.42. The Morgan fingerprint density at radius 1 is 1.26 bits per heavy atom. The highest BCUT2D eigenvalue weighted by atomic mass is 16.5. The van der Waals surface area contributed by atoms with E-state index in [9.17, 15) is 0 Å². The molecule has 1 heterocycles. The number of anilines is 1. The van der Waals surface area contributed by atoms with E-state index in [4.69, 9.17) is 10.5 Å². The molecule has 1 aromatic carbocycles. The van der Waals surface area contributed by atoms with Crippen molar-refractivity contribution in [3.63, 3.8) is 0 Å². The maximum atomic E-state index is 6.20. The SMILES string of the molecule is CC1CCCC(Oc2ccc(N)c3ncccc23)C1. The topological polar surface area (TPSA) is 48.1 Å². The van der Waals surface area contributed by atoms with Crippen LogP contribution in [-0.4, -0.2) is 11.1 Å². The summed E-state index contributed by atoms with van der Waals surface area (Å²) in [6.45, 7) is 2.30. The molecule has 0 spiro atoms. The molecule has 2 aromatic rings. The van der Waals surface area contributed by atoms with Crippen molar-refractivity contribution in [2.24, 2.45) is 5.92 Å². The molecule has 3 nitrogen and oxygen atoms in total. The molecule has 1 aliphatic rings. The van der Waals surface area contributed by atoms with Crippen molar-refractivity contribution >= 4 is 16.6 Å². The summed E-state index contributed by atoms with van der Waals surface area (Å²) in [5, 5.41) is 1.01. The van der Waals surface area contributed by atoms with Gasteiger partial charge in [0.05, 0.1) is 17.3 Å². The first-order valence-corrected chi connectivity index (χ1v) is 7.04. The Morgan fingerprint density at radius 3 is 3.00 bits per heavy atom. The van der Waals surface area contributed by atoms with Gasteiger partial charge >= 0.3 is 0 Å². The van der Waals surface area contributed by atoms with Gasteiger partial charge in [-0.15, -0.1) is 0 Å². The first kappa shape index (κ1) is 12.3. The molecule has 0 radical (unpaired) electrons. The summed E-state index contributed by atoms with van der Waals surface area (Å²) in [4.78, 5) is 4.34. The molecule has 1 aliphatic carbocycles. The second-order valence-corrected chi connectivity index (χ2v) is 5.56. The molecule has 2 N–H and O–H groups in total. The lowest BCUT2D eigenvalue weighted by molar-refractivity contribution is 0.131. The van der Waals surface area contributed by atoms with Crippen molar-refractivity contribution in [2.75, 3.05) is 5.73 Å². The number of nitrogen functional groups attached to an aromatic ring is 1. The van der Waals surface area contributed by atoms with Crippen LogP contribution in [0.5, 0.6) is 5.75 Å². The molecule has 100 valence electrons. The van der Waals surface area contributed by atoms with Crippen molar-refractivity contribution in [2.45, 2.75) is 38.7 Å². The molecule has 1 aromatic heterocycles. The summed E-state index contributed by atoms with van der Waals surface area (Å²) in [6.07, 6.45) is 6.98. The standard InChI is InChI=1S/C16H20N2O/c1-11-4-2-5-12(10-11)19-15-8-7-14(17)16-13(15)6-3-9-18-16/h3,6-9,11-12H,2,4-5,10,17H2,1H3. The quantitative estimate of drug-likeness (QED) is 0.832. The fourth-order valence-electron chi connectivity index (χ4n) is 2.94. The fraction of sp³-hybridized carbons (Fsp3) is 0.438. The zero-order valence-electron chi connectivity index (χ0n) is 11.3. The number of nitrogens with zero attached hydrogens (tertiary/aromatic N) is 1. The lowest BCUT2D eigenvalue weighted by Gasteiger charge is -2.27.